The minimum absolute atomic E-state index is 0.0356. The van der Waals surface area contributed by atoms with E-state index in [0.29, 0.717) is 19.5 Å². The van der Waals surface area contributed by atoms with Crippen molar-refractivity contribution in [3.05, 3.63) is 59.7 Å². The van der Waals surface area contributed by atoms with Gasteiger partial charge >= 0.3 is 12.1 Å². The Balaban J connectivity index is 1.39. The van der Waals surface area contributed by atoms with Gasteiger partial charge < -0.3 is 25.4 Å². The molecule has 0 radical (unpaired) electrons. The molecule has 2 aliphatic rings. The number of carbonyl (C=O) groups is 4. The summed E-state index contributed by atoms with van der Waals surface area (Å²) in [5.41, 5.74) is 4.24. The summed E-state index contributed by atoms with van der Waals surface area (Å²) in [7, 11) is 0. The van der Waals surface area contributed by atoms with Crippen molar-refractivity contribution in [2.45, 2.75) is 37.8 Å². The molecule has 3 amide bonds. The number of alkyl carbamates (subject to hydrolysis) is 1. The van der Waals surface area contributed by atoms with Crippen LogP contribution in [0.3, 0.4) is 0 Å². The van der Waals surface area contributed by atoms with Crippen molar-refractivity contribution in [3.8, 4) is 11.1 Å². The lowest BCUT2D eigenvalue weighted by molar-refractivity contribution is -0.140. The molecule has 9 heteroatoms. The van der Waals surface area contributed by atoms with Crippen molar-refractivity contribution in [1.82, 2.24) is 15.5 Å². The molecule has 4 rings (SSSR count). The summed E-state index contributed by atoms with van der Waals surface area (Å²) < 4.78 is 5.43. The zero-order chi connectivity index (χ0) is 24.2. The quantitative estimate of drug-likeness (QED) is 0.548. The number of hydrogen-bond acceptors (Lipinski definition) is 5. The molecule has 0 spiro atoms. The van der Waals surface area contributed by atoms with Gasteiger partial charge in [0, 0.05) is 19.0 Å². The van der Waals surface area contributed by atoms with E-state index in [4.69, 9.17) is 4.74 Å². The van der Waals surface area contributed by atoms with E-state index in [0.717, 1.165) is 22.3 Å². The maximum Gasteiger partial charge on any atom is 0.407 e. The zero-order valence-corrected chi connectivity index (χ0v) is 18.8. The second kappa shape index (κ2) is 9.94. The largest absolute Gasteiger partial charge is 0.481 e. The summed E-state index contributed by atoms with van der Waals surface area (Å²) in [5, 5.41) is 14.1. The van der Waals surface area contributed by atoms with Crippen molar-refractivity contribution in [2.75, 3.05) is 19.7 Å². The fourth-order valence-corrected chi connectivity index (χ4v) is 4.63. The number of carboxylic acid groups (broad SMARTS) is 1. The van der Waals surface area contributed by atoms with Crippen molar-refractivity contribution in [3.63, 3.8) is 0 Å². The third-order valence-electron chi connectivity index (χ3n) is 6.33. The minimum Gasteiger partial charge on any atom is -0.481 e. The Morgan fingerprint density at radius 1 is 1.09 bits per heavy atom. The summed E-state index contributed by atoms with van der Waals surface area (Å²) in [4.78, 5) is 50.4. The minimum atomic E-state index is -1.36. The fourth-order valence-electron chi connectivity index (χ4n) is 4.63. The molecule has 0 bridgehead atoms. The SMILES string of the molecule is CCN1CCC(NC(=O)C(CC(=O)O)NC(=O)OCC2c3ccccc3-c3ccccc32)C1=O. The van der Waals surface area contributed by atoms with Gasteiger partial charge in [0.05, 0.1) is 6.42 Å². The van der Waals surface area contributed by atoms with Crippen molar-refractivity contribution in [2.24, 2.45) is 0 Å². The van der Waals surface area contributed by atoms with Crippen LogP contribution in [0, 0.1) is 0 Å². The van der Waals surface area contributed by atoms with E-state index in [1.54, 1.807) is 4.90 Å². The van der Waals surface area contributed by atoms with Gasteiger partial charge in [-0.2, -0.15) is 0 Å². The molecule has 1 heterocycles. The molecule has 2 unspecified atom stereocenters. The number of aliphatic carboxylic acids is 1. The molecule has 1 saturated heterocycles. The van der Waals surface area contributed by atoms with E-state index in [2.05, 4.69) is 10.6 Å². The number of likely N-dealkylation sites (N-methyl/N-ethyl adjacent to an activating group) is 1. The van der Waals surface area contributed by atoms with Gasteiger partial charge in [-0.25, -0.2) is 4.79 Å². The Morgan fingerprint density at radius 2 is 1.71 bits per heavy atom. The molecule has 1 fully saturated rings. The number of nitrogens with one attached hydrogen (secondary N) is 2. The molecule has 0 saturated carbocycles. The molecule has 2 aromatic carbocycles. The van der Waals surface area contributed by atoms with Crippen LogP contribution in [0.5, 0.6) is 0 Å². The number of carbonyl (C=O) groups excluding carboxylic acids is 3. The van der Waals surface area contributed by atoms with E-state index in [9.17, 15) is 24.3 Å². The summed E-state index contributed by atoms with van der Waals surface area (Å²) in [6, 6.07) is 13.7. The first-order valence-electron chi connectivity index (χ1n) is 11.3. The molecule has 3 N–H and O–H groups in total. The molecule has 34 heavy (non-hydrogen) atoms. The van der Waals surface area contributed by atoms with Crippen LogP contribution in [0.15, 0.2) is 48.5 Å². The van der Waals surface area contributed by atoms with Gasteiger partial charge in [0.1, 0.15) is 18.7 Å². The Morgan fingerprint density at radius 3 is 2.26 bits per heavy atom. The van der Waals surface area contributed by atoms with E-state index in [1.807, 2.05) is 55.5 Å². The van der Waals surface area contributed by atoms with Crippen LogP contribution in [0.1, 0.15) is 36.8 Å². The smallest absolute Gasteiger partial charge is 0.407 e. The third kappa shape index (κ3) is 4.73. The number of carboxylic acids is 1. The highest BCUT2D eigenvalue weighted by Gasteiger charge is 2.35. The summed E-state index contributed by atoms with van der Waals surface area (Å²) in [6.45, 7) is 2.92. The predicted molar refractivity (Wildman–Crippen MR) is 123 cm³/mol. The number of nitrogens with zero attached hydrogens (tertiary/aromatic N) is 1. The van der Waals surface area contributed by atoms with Crippen LogP contribution in [-0.2, 0) is 19.1 Å². The number of hydrogen-bond donors (Lipinski definition) is 3. The van der Waals surface area contributed by atoms with Gasteiger partial charge in [0.15, 0.2) is 0 Å². The first-order valence-corrected chi connectivity index (χ1v) is 11.3. The predicted octanol–water partition coefficient (Wildman–Crippen LogP) is 2.11. The second-order valence-corrected chi connectivity index (χ2v) is 8.39. The summed E-state index contributed by atoms with van der Waals surface area (Å²) in [6.07, 6.45) is -1.09. The molecule has 2 aromatic rings. The number of likely N-dealkylation sites (tertiary alicyclic amines) is 1. The number of ether oxygens (including phenoxy) is 1. The van der Waals surface area contributed by atoms with E-state index < -0.39 is 36.5 Å². The lowest BCUT2D eigenvalue weighted by Gasteiger charge is -2.20. The van der Waals surface area contributed by atoms with Crippen molar-refractivity contribution < 1.29 is 29.0 Å². The van der Waals surface area contributed by atoms with Crippen LogP contribution >= 0.6 is 0 Å². The molecule has 1 aliphatic heterocycles. The van der Waals surface area contributed by atoms with E-state index in [1.165, 1.54) is 0 Å². The fraction of sp³-hybridized carbons (Fsp3) is 0.360. The van der Waals surface area contributed by atoms with Gasteiger partial charge in [0.2, 0.25) is 11.8 Å². The highest BCUT2D eigenvalue weighted by molar-refractivity contribution is 5.94. The monoisotopic (exact) mass is 465 g/mol. The van der Waals surface area contributed by atoms with Crippen LogP contribution < -0.4 is 10.6 Å². The van der Waals surface area contributed by atoms with E-state index in [-0.39, 0.29) is 18.4 Å². The van der Waals surface area contributed by atoms with Gasteiger partial charge in [-0.05, 0) is 35.6 Å². The standard InChI is InChI=1S/C25H27N3O6/c1-2-28-12-11-20(24(28)32)26-23(31)21(13-22(29)30)27-25(33)34-14-19-17-9-5-3-7-15(17)16-8-4-6-10-18(16)19/h3-10,19-21H,2,11-14H2,1H3,(H,26,31)(H,27,33)(H,29,30). The average molecular weight is 466 g/mol. The molecule has 1 aliphatic carbocycles. The van der Waals surface area contributed by atoms with Gasteiger partial charge in [-0.1, -0.05) is 48.5 Å². The normalized spacial score (nSPS) is 17.6. The van der Waals surface area contributed by atoms with Crippen molar-refractivity contribution >= 4 is 23.9 Å². The Kier molecular flexibility index (Phi) is 6.81. The number of amides is 3. The molecular formula is C25H27N3O6. The number of fused-ring (bicyclic) bond motifs is 3. The molecule has 0 aromatic heterocycles. The highest BCUT2D eigenvalue weighted by Crippen LogP contribution is 2.44. The van der Waals surface area contributed by atoms with Crippen molar-refractivity contribution in [1.29, 1.82) is 0 Å². The molecular weight excluding hydrogens is 438 g/mol. The first kappa shape index (κ1) is 23.3. The maximum atomic E-state index is 12.7. The van der Waals surface area contributed by atoms with E-state index >= 15 is 0 Å². The Hall–Kier alpha value is -3.88. The lowest BCUT2D eigenvalue weighted by Crippen LogP contribution is -2.52. The summed E-state index contributed by atoms with van der Waals surface area (Å²) >= 11 is 0. The number of rotatable bonds is 8. The van der Waals surface area contributed by atoms with Gasteiger partial charge in [-0.15, -0.1) is 0 Å². The van der Waals surface area contributed by atoms with Crippen LogP contribution in [0.4, 0.5) is 4.79 Å². The molecule has 9 nitrogen and oxygen atoms in total. The zero-order valence-electron chi connectivity index (χ0n) is 18.8. The first-order chi connectivity index (χ1) is 16.4. The third-order valence-corrected chi connectivity index (χ3v) is 6.33. The van der Waals surface area contributed by atoms with Gasteiger partial charge in [-0.3, -0.25) is 14.4 Å². The Bertz CT molecular complexity index is 1070. The topological polar surface area (TPSA) is 125 Å². The Labute approximate surface area is 197 Å². The van der Waals surface area contributed by atoms with Crippen LogP contribution in [0.2, 0.25) is 0 Å². The second-order valence-electron chi connectivity index (χ2n) is 8.39. The molecule has 178 valence electrons. The van der Waals surface area contributed by atoms with Gasteiger partial charge in [0.25, 0.3) is 0 Å². The average Bonchev–Trinajstić information content (AvgIpc) is 3.34. The van der Waals surface area contributed by atoms with Crippen LogP contribution in [0.25, 0.3) is 11.1 Å². The summed E-state index contributed by atoms with van der Waals surface area (Å²) in [5.74, 6) is -2.37. The maximum absolute atomic E-state index is 12.7. The molecule has 2 atom stereocenters. The highest BCUT2D eigenvalue weighted by atomic mass is 16.5. The van der Waals surface area contributed by atoms with Crippen LogP contribution in [-0.4, -0.2) is 65.7 Å². The number of benzene rings is 2. The lowest BCUT2D eigenvalue weighted by atomic mass is 9.98.